The van der Waals surface area contributed by atoms with E-state index in [2.05, 4.69) is 9.97 Å². The van der Waals surface area contributed by atoms with Crippen molar-refractivity contribution in [2.45, 2.75) is 51.2 Å². The summed E-state index contributed by atoms with van der Waals surface area (Å²) in [5, 5.41) is 1.23. The maximum atomic E-state index is 14.9. The molecule has 0 spiro atoms. The van der Waals surface area contributed by atoms with Gasteiger partial charge in [-0.3, -0.25) is 15.0 Å². The first-order valence-electron chi connectivity index (χ1n) is 23.6. The molecule has 4 aromatic heterocycles. The smallest absolute Gasteiger partial charge is 0.171 e. The van der Waals surface area contributed by atoms with Crippen LogP contribution in [0.1, 0.15) is 59.6 Å². The first-order valence-corrected chi connectivity index (χ1v) is 19.1. The molecule has 0 fully saturated rings. The highest BCUT2D eigenvalue weighted by molar-refractivity contribution is 6.09. The van der Waals surface area contributed by atoms with Gasteiger partial charge in [0.25, 0.3) is 0 Å². The summed E-state index contributed by atoms with van der Waals surface area (Å²) in [5.74, 6) is -0.741. The van der Waals surface area contributed by atoms with Crippen LogP contribution in [0.5, 0.6) is 0 Å². The number of hydrogen-bond acceptors (Lipinski definition) is 4. The predicted molar refractivity (Wildman–Crippen MR) is 234 cm³/mol. The molecule has 0 saturated heterocycles. The molecule has 0 bridgehead atoms. The van der Waals surface area contributed by atoms with Crippen LogP contribution in [0.15, 0.2) is 175 Å². The molecule has 0 aliphatic rings. The third-order valence-corrected chi connectivity index (χ3v) is 10.2. The van der Waals surface area contributed by atoms with Crippen LogP contribution in [0, 0.1) is 5.82 Å². The van der Waals surface area contributed by atoms with Crippen molar-refractivity contribution in [2.75, 3.05) is 0 Å². The minimum atomic E-state index is -2.77. The number of pyridine rings is 3. The summed E-state index contributed by atoms with van der Waals surface area (Å²) in [7, 11) is 0. The van der Waals surface area contributed by atoms with E-state index in [1.54, 1.807) is 24.4 Å². The zero-order valence-corrected chi connectivity index (χ0v) is 31.9. The molecular weight excluding hydrogens is 714 g/mol. The summed E-state index contributed by atoms with van der Waals surface area (Å²) >= 11 is 0. The number of aromatic nitrogens is 3. The van der Waals surface area contributed by atoms with Crippen LogP contribution in [0.2, 0.25) is 0 Å². The molecular formula is C53H44FN3O. The van der Waals surface area contributed by atoms with Gasteiger partial charge in [0.15, 0.2) is 11.4 Å². The number of nitrogens with zero attached hydrogens (tertiary/aromatic N) is 3. The van der Waals surface area contributed by atoms with Gasteiger partial charge in [-0.05, 0) is 101 Å². The van der Waals surface area contributed by atoms with E-state index in [0.29, 0.717) is 44.6 Å². The topological polar surface area (TPSA) is 51.8 Å². The van der Waals surface area contributed by atoms with E-state index in [0.717, 1.165) is 16.7 Å². The molecule has 0 atom stereocenters. The van der Waals surface area contributed by atoms with E-state index in [9.17, 15) is 15.4 Å². The van der Waals surface area contributed by atoms with Crippen LogP contribution in [0.25, 0.3) is 55.7 Å². The molecule has 4 heterocycles. The highest BCUT2D eigenvalue weighted by Gasteiger charge is 2.23. The zero-order chi connectivity index (χ0) is 47.5. The lowest BCUT2D eigenvalue weighted by Gasteiger charge is -2.26. The Balaban J connectivity index is 1.09. The summed E-state index contributed by atoms with van der Waals surface area (Å²) in [6.07, 6.45) is -6.37. The first kappa shape index (κ1) is 27.8. The Hall–Kier alpha value is -6.72. The number of aryl methyl sites for hydroxylation is 4. The SMILES string of the molecule is [2H]c1ccc2c(oc3c(-c4ccc(C(C)(C)Cc5cc(C([2H])([2H])C([2H])([2H])c6ccc(-c7ccccc7)nc6)cc(C([2H])([2H])C([2H])([2H])c6ccc(-c7ccccc7)nc6)c5)cn4)cccc32)c1F. The lowest BCUT2D eigenvalue weighted by Crippen LogP contribution is -2.21. The van der Waals surface area contributed by atoms with Crippen LogP contribution in [-0.4, -0.2) is 15.0 Å². The van der Waals surface area contributed by atoms with Crippen LogP contribution >= 0.6 is 0 Å². The summed E-state index contributed by atoms with van der Waals surface area (Å²) in [4.78, 5) is 13.7. The Kier molecular flexibility index (Phi) is 7.68. The second-order valence-corrected chi connectivity index (χ2v) is 14.8. The van der Waals surface area contributed by atoms with Gasteiger partial charge >= 0.3 is 0 Å². The number of benzene rings is 5. The molecule has 0 aliphatic carbocycles. The van der Waals surface area contributed by atoms with Crippen LogP contribution < -0.4 is 0 Å². The summed E-state index contributed by atoms with van der Waals surface area (Å²) < 4.78 is 104. The van der Waals surface area contributed by atoms with Gasteiger partial charge in [0.05, 0.1) is 18.5 Å². The minimum absolute atomic E-state index is 0.000489. The molecule has 4 nitrogen and oxygen atoms in total. The monoisotopic (exact) mass is 766 g/mol. The van der Waals surface area contributed by atoms with Gasteiger partial charge in [-0.25, -0.2) is 4.39 Å². The molecule has 9 rings (SSSR count). The third-order valence-electron chi connectivity index (χ3n) is 10.2. The highest BCUT2D eigenvalue weighted by atomic mass is 19.1. The molecule has 0 amide bonds. The Morgan fingerprint density at radius 1 is 0.534 bits per heavy atom. The van der Waals surface area contributed by atoms with Gasteiger partial charge in [-0.1, -0.05) is 135 Å². The molecule has 0 radical (unpaired) electrons. The number of para-hydroxylation sites is 2. The van der Waals surface area contributed by atoms with Gasteiger partial charge in [-0.15, -0.1) is 0 Å². The third kappa shape index (κ3) is 7.94. The lowest BCUT2D eigenvalue weighted by molar-refractivity contribution is 0.520. The Bertz CT molecular complexity index is 3130. The number of hydrogen-bond donors (Lipinski definition) is 0. The fourth-order valence-corrected chi connectivity index (χ4v) is 7.22. The Morgan fingerprint density at radius 2 is 1.07 bits per heavy atom. The molecule has 5 heteroatoms. The normalized spacial score (nSPS) is 15.0. The van der Waals surface area contributed by atoms with Crippen molar-refractivity contribution in [3.05, 3.63) is 209 Å². The van der Waals surface area contributed by atoms with Crippen molar-refractivity contribution in [3.63, 3.8) is 0 Å². The Labute approximate surface area is 351 Å². The van der Waals surface area contributed by atoms with Gasteiger partial charge in [0, 0.05) is 57.0 Å². The number of rotatable bonds is 12. The van der Waals surface area contributed by atoms with Crippen molar-refractivity contribution >= 4 is 21.9 Å². The van der Waals surface area contributed by atoms with Crippen molar-refractivity contribution in [1.82, 2.24) is 15.0 Å². The predicted octanol–water partition coefficient (Wildman–Crippen LogP) is 13.0. The van der Waals surface area contributed by atoms with Crippen LogP contribution in [0.3, 0.4) is 0 Å². The zero-order valence-electron chi connectivity index (χ0n) is 40.9. The van der Waals surface area contributed by atoms with Crippen LogP contribution in [-0.2, 0) is 37.3 Å². The Morgan fingerprint density at radius 3 is 1.64 bits per heavy atom. The van der Waals surface area contributed by atoms with Gasteiger partial charge in [0.1, 0.15) is 5.58 Å². The maximum Gasteiger partial charge on any atom is 0.171 e. The standard InChI is InChI=1S/C53H44FN3O/c1-53(2,43-25-28-50(57-35-43)46-17-9-15-44-45-16-10-18-47(54)52(45)58-51(44)46)32-40-30-38(21-19-36-23-26-48(55-33-36)41-11-5-3-6-12-41)29-39(31-40)22-20-37-24-27-49(56-34-37)42-13-7-4-8-14-42/h3-18,23-31,33-35H,19-22,32H2,1-2H3/i18D,19D2,20D2,21D2,22D2. The number of furan rings is 1. The van der Waals surface area contributed by atoms with E-state index < -0.39 is 36.7 Å². The average molecular weight is 767 g/mol. The molecule has 284 valence electrons. The molecule has 9 aromatic rings. The van der Waals surface area contributed by atoms with Crippen molar-refractivity contribution in [1.29, 1.82) is 0 Å². The van der Waals surface area contributed by atoms with Gasteiger partial charge in [0.2, 0.25) is 0 Å². The quantitative estimate of drug-likeness (QED) is 0.124. The highest BCUT2D eigenvalue weighted by Crippen LogP contribution is 2.37. The molecule has 0 unspecified atom stereocenters. The van der Waals surface area contributed by atoms with E-state index >= 15 is 0 Å². The molecule has 0 N–H and O–H groups in total. The minimum Gasteiger partial charge on any atom is -0.452 e. The van der Waals surface area contributed by atoms with E-state index in [1.807, 2.05) is 105 Å². The second-order valence-electron chi connectivity index (χ2n) is 14.8. The van der Waals surface area contributed by atoms with E-state index in [4.69, 9.17) is 10.8 Å². The first-order chi connectivity index (χ1) is 31.8. The number of halogens is 1. The molecule has 0 saturated carbocycles. The van der Waals surface area contributed by atoms with Crippen molar-refractivity contribution in [3.8, 4) is 33.8 Å². The van der Waals surface area contributed by atoms with E-state index in [-0.39, 0.29) is 40.3 Å². The maximum absolute atomic E-state index is 14.9. The summed E-state index contributed by atoms with van der Waals surface area (Å²) in [6, 6.07) is 41.2. The summed E-state index contributed by atoms with van der Waals surface area (Å²) in [5.41, 5.74) is 4.50. The van der Waals surface area contributed by atoms with Gasteiger partial charge < -0.3 is 4.42 Å². The average Bonchev–Trinajstić information content (AvgIpc) is 3.72. The van der Waals surface area contributed by atoms with E-state index in [1.165, 1.54) is 48.8 Å². The molecule has 0 aliphatic heterocycles. The van der Waals surface area contributed by atoms with Gasteiger partial charge in [-0.2, -0.15) is 0 Å². The number of fused-ring (bicyclic) bond motifs is 3. The van der Waals surface area contributed by atoms with Crippen molar-refractivity contribution in [2.24, 2.45) is 0 Å². The fraction of sp³-hybridized carbons (Fsp3) is 0.151. The van der Waals surface area contributed by atoms with Crippen molar-refractivity contribution < 1.29 is 21.1 Å². The molecule has 5 aromatic carbocycles. The largest absolute Gasteiger partial charge is 0.452 e. The molecule has 58 heavy (non-hydrogen) atoms. The fourth-order valence-electron chi connectivity index (χ4n) is 7.22. The summed E-state index contributed by atoms with van der Waals surface area (Å²) in [6.45, 7) is 3.91. The van der Waals surface area contributed by atoms with Crippen LogP contribution in [0.4, 0.5) is 4.39 Å². The lowest BCUT2D eigenvalue weighted by atomic mass is 9.79. The second kappa shape index (κ2) is 16.0.